The number of nitrogen functional groups attached to an aromatic ring is 1. The van der Waals surface area contributed by atoms with Crippen LogP contribution in [0.4, 0.5) is 5.82 Å². The van der Waals surface area contributed by atoms with Crippen LogP contribution in [-0.4, -0.2) is 135 Å². The van der Waals surface area contributed by atoms with Crippen LogP contribution in [-0.2, 0) is 60.3 Å². The lowest BCUT2D eigenvalue weighted by molar-refractivity contribution is -0.137. The van der Waals surface area contributed by atoms with Crippen LogP contribution < -0.4 is 21.7 Å². The van der Waals surface area contributed by atoms with Crippen molar-refractivity contribution in [3.8, 4) is 0 Å². The van der Waals surface area contributed by atoms with Crippen LogP contribution in [0, 0.1) is 5.41 Å². The maximum Gasteiger partial charge on any atom is 0.481 e. The summed E-state index contributed by atoms with van der Waals surface area (Å²) in [6.07, 6.45) is -4.89. The number of ether oxygens (including phenoxy) is 1. The Kier molecular flexibility index (Phi) is 19.5. The van der Waals surface area contributed by atoms with Gasteiger partial charge in [0.2, 0.25) is 23.6 Å². The van der Waals surface area contributed by atoms with Crippen molar-refractivity contribution in [1.29, 1.82) is 0 Å². The summed E-state index contributed by atoms with van der Waals surface area (Å²) in [6.45, 7) is 1.57. The summed E-state index contributed by atoms with van der Waals surface area (Å²) in [5.74, 6) is -2.06. The minimum atomic E-state index is -5.59. The first-order chi connectivity index (χ1) is 28.3. The number of phosphoric acid groups is 3. The summed E-state index contributed by atoms with van der Waals surface area (Å²) in [5, 5.41) is 28.4. The lowest BCUT2D eigenvalue weighted by Gasteiger charge is -2.30. The van der Waals surface area contributed by atoms with Crippen molar-refractivity contribution < 1.29 is 90.1 Å². The van der Waals surface area contributed by atoms with Crippen LogP contribution in [0.2, 0.25) is 0 Å². The van der Waals surface area contributed by atoms with Gasteiger partial charge in [-0.1, -0.05) is 32.0 Å². The van der Waals surface area contributed by atoms with Crippen LogP contribution in [0.1, 0.15) is 65.5 Å². The Hall–Kier alpha value is -3.30. The van der Waals surface area contributed by atoms with Crippen molar-refractivity contribution in [1.82, 2.24) is 35.5 Å². The number of nitrogens with zero attached hydrogens (tertiary/aromatic N) is 4. The van der Waals surface area contributed by atoms with E-state index in [-0.39, 0.29) is 66.1 Å². The number of unbranched alkanes of at least 4 members (excludes halogenated alkanes) is 2. The van der Waals surface area contributed by atoms with Crippen molar-refractivity contribution in [2.45, 2.75) is 89.9 Å². The molecule has 3 rings (SSSR count). The molecule has 31 heteroatoms. The number of imide groups is 1. The largest absolute Gasteiger partial charge is 0.481 e. The van der Waals surface area contributed by atoms with E-state index in [0.29, 0.717) is 19.3 Å². The zero-order valence-electron chi connectivity index (χ0n) is 32.9. The van der Waals surface area contributed by atoms with E-state index in [1.165, 1.54) is 20.8 Å². The summed E-state index contributed by atoms with van der Waals surface area (Å²) in [5.41, 5.74) is 4.22. The van der Waals surface area contributed by atoms with E-state index in [9.17, 15) is 67.5 Å². The predicted octanol–water partition coefficient (Wildman–Crippen LogP) is -0.722. The number of imidazole rings is 1. The molecule has 1 saturated heterocycles. The molecule has 1 fully saturated rings. The lowest BCUT2D eigenvalue weighted by Crippen LogP contribution is -2.46. The lowest BCUT2D eigenvalue weighted by atomic mass is 9.87. The number of carbonyl (C=O) groups is 5. The Labute approximate surface area is 351 Å². The zero-order valence-corrected chi connectivity index (χ0v) is 36.4. The Balaban J connectivity index is 1.40. The van der Waals surface area contributed by atoms with Gasteiger partial charge in [-0.3, -0.25) is 47.4 Å². The zero-order chi connectivity index (χ0) is 45.8. The third-order valence-corrected chi connectivity index (χ3v) is 12.4. The highest BCUT2D eigenvalue weighted by molar-refractivity contribution is 8.13. The molecule has 0 bridgehead atoms. The molecule has 0 radical (unpaired) electrons. The molecule has 61 heavy (non-hydrogen) atoms. The fraction of sp³-hybridized carbons (Fsp3) is 0.667. The van der Waals surface area contributed by atoms with Crippen LogP contribution in [0.3, 0.4) is 0 Å². The minimum absolute atomic E-state index is 0.0210. The van der Waals surface area contributed by atoms with Crippen LogP contribution in [0.25, 0.3) is 11.2 Å². The maximum atomic E-state index is 12.7. The third-order valence-electron chi connectivity index (χ3n) is 8.37. The second-order valence-electron chi connectivity index (χ2n) is 14.0. The molecule has 1 aliphatic rings. The van der Waals surface area contributed by atoms with E-state index in [1.807, 2.05) is 0 Å². The van der Waals surface area contributed by atoms with E-state index in [1.54, 1.807) is 0 Å². The Morgan fingerprint density at radius 1 is 0.951 bits per heavy atom. The van der Waals surface area contributed by atoms with Gasteiger partial charge in [-0.25, -0.2) is 28.6 Å². The summed E-state index contributed by atoms with van der Waals surface area (Å²) >= 11 is 1.02. The molecular weight excluding hydrogens is 901 g/mol. The molecule has 4 amide bonds. The molecule has 2 unspecified atom stereocenters. The number of anilines is 1. The number of aliphatic hydroxyl groups is 2. The number of amides is 4. The van der Waals surface area contributed by atoms with Gasteiger partial charge in [-0.05, 0) is 12.8 Å². The van der Waals surface area contributed by atoms with E-state index < -0.39 is 90.5 Å². The van der Waals surface area contributed by atoms with Crippen molar-refractivity contribution in [3.63, 3.8) is 0 Å². The SMILES string of the molecule is CC(=O)NC(=O)CCCCCC(=O)SCCNC(=O)CCNC(=O)[C@H](O)C(C)(C)COP(=O)(O)OP(=O)(O)OC[C@H]1O[C@@H](n2cnc3c(N)ncnc32)[C@H](O)[C@@H]1OP(=O)(O)O. The molecule has 1 aliphatic heterocycles. The average Bonchev–Trinajstić information content (AvgIpc) is 3.71. The highest BCUT2D eigenvalue weighted by Gasteiger charge is 2.50. The van der Waals surface area contributed by atoms with E-state index in [0.717, 1.165) is 29.0 Å². The number of aromatic nitrogens is 4. The Morgan fingerprint density at radius 2 is 1.62 bits per heavy atom. The van der Waals surface area contributed by atoms with Gasteiger partial charge < -0.3 is 50.9 Å². The predicted molar refractivity (Wildman–Crippen MR) is 209 cm³/mol. The average molecular weight is 951 g/mol. The molecule has 0 saturated carbocycles. The number of thioether (sulfide) groups is 1. The molecule has 0 aliphatic carbocycles. The second-order valence-corrected chi connectivity index (χ2v) is 19.3. The van der Waals surface area contributed by atoms with Crippen molar-refractivity contribution >= 4 is 81.0 Å². The van der Waals surface area contributed by atoms with Gasteiger partial charge in [0.05, 0.1) is 19.5 Å². The summed E-state index contributed by atoms with van der Waals surface area (Å²) in [6, 6.07) is 0. The summed E-state index contributed by atoms with van der Waals surface area (Å²) in [4.78, 5) is 110. The van der Waals surface area contributed by atoms with Crippen molar-refractivity contribution in [2.75, 3.05) is 37.8 Å². The number of nitrogens with one attached hydrogen (secondary N) is 3. The number of nitrogens with two attached hydrogens (primary N) is 1. The number of carbonyl (C=O) groups excluding carboxylic acids is 5. The van der Waals surface area contributed by atoms with Gasteiger partial charge in [-0.2, -0.15) is 4.31 Å². The van der Waals surface area contributed by atoms with E-state index >= 15 is 0 Å². The van der Waals surface area contributed by atoms with Gasteiger partial charge >= 0.3 is 23.5 Å². The Bertz CT molecular complexity index is 2020. The maximum absolute atomic E-state index is 12.7. The monoisotopic (exact) mass is 950 g/mol. The van der Waals surface area contributed by atoms with Crippen LogP contribution >= 0.6 is 35.2 Å². The number of rotatable bonds is 25. The molecular formula is C30H49N8O19P3S. The standard InChI is InChI=1S/C30H49N8O19P3S/c1-17(39)37-20(41)7-5-4-6-8-21(42)61-12-11-32-19(40)9-10-33-28(45)25(44)30(2,3)14-54-60(51,52)57-59(49,50)53-13-18-24(56-58(46,47)48)23(43)29(55-18)38-16-36-22-26(31)34-15-35-27(22)38/h15-16,18,23-25,29,43-44H,4-14H2,1-3H3,(H,32,40)(H,33,45)(H,49,50)(H,51,52)(H2,31,34,35)(H,37,39,41)(H2,46,47,48)/t18-,23-,24-,25+,29-/m1/s1. The van der Waals surface area contributed by atoms with E-state index in [4.69, 9.17) is 19.5 Å². The fourth-order valence-electron chi connectivity index (χ4n) is 5.36. The van der Waals surface area contributed by atoms with Crippen LogP contribution in [0.5, 0.6) is 0 Å². The molecule has 7 atom stereocenters. The number of hydrogen-bond donors (Lipinski definition) is 10. The van der Waals surface area contributed by atoms with Crippen molar-refractivity contribution in [2.24, 2.45) is 5.41 Å². The first-order valence-electron chi connectivity index (χ1n) is 18.2. The normalized spacial score (nSPS) is 20.7. The van der Waals surface area contributed by atoms with Gasteiger partial charge in [-0.15, -0.1) is 0 Å². The van der Waals surface area contributed by atoms with Crippen molar-refractivity contribution in [3.05, 3.63) is 12.7 Å². The highest BCUT2D eigenvalue weighted by Crippen LogP contribution is 2.61. The quantitative estimate of drug-likeness (QED) is 0.0433. The topological polar surface area (TPSA) is 410 Å². The Morgan fingerprint density at radius 3 is 2.30 bits per heavy atom. The van der Waals surface area contributed by atoms with Gasteiger partial charge in [0, 0.05) is 50.4 Å². The fourth-order valence-corrected chi connectivity index (χ4v) is 8.91. The van der Waals surface area contributed by atoms with Gasteiger partial charge in [0.25, 0.3) is 0 Å². The second kappa shape index (κ2) is 22.9. The molecule has 3 heterocycles. The smallest absolute Gasteiger partial charge is 0.386 e. The molecule has 11 N–H and O–H groups in total. The molecule has 2 aromatic heterocycles. The third kappa shape index (κ3) is 17.4. The number of fused-ring (bicyclic) bond motifs is 1. The molecule has 27 nitrogen and oxygen atoms in total. The number of hydrogen-bond acceptors (Lipinski definition) is 20. The van der Waals surface area contributed by atoms with Crippen LogP contribution in [0.15, 0.2) is 12.7 Å². The first-order valence-corrected chi connectivity index (χ1v) is 23.7. The molecule has 0 aromatic carbocycles. The molecule has 2 aromatic rings. The van der Waals surface area contributed by atoms with E-state index in [2.05, 4.69) is 39.7 Å². The number of aliphatic hydroxyl groups excluding tert-OH is 2. The summed E-state index contributed by atoms with van der Waals surface area (Å²) in [7, 11) is -16.4. The van der Waals surface area contributed by atoms with Gasteiger partial charge in [0.1, 0.15) is 36.3 Å². The molecule has 344 valence electrons. The minimum Gasteiger partial charge on any atom is -0.386 e. The number of phosphoric ester groups is 3. The highest BCUT2D eigenvalue weighted by atomic mass is 32.2. The van der Waals surface area contributed by atoms with Gasteiger partial charge in [0.15, 0.2) is 22.8 Å². The first kappa shape index (κ1) is 52.0. The molecule has 0 spiro atoms. The summed E-state index contributed by atoms with van der Waals surface area (Å²) < 4.78 is 62.1.